The summed E-state index contributed by atoms with van der Waals surface area (Å²) < 4.78 is 5.40. The van der Waals surface area contributed by atoms with E-state index in [2.05, 4.69) is 5.32 Å². The second-order valence-electron chi connectivity index (χ2n) is 4.75. The Bertz CT molecular complexity index is 419. The third kappa shape index (κ3) is 3.09. The molecular formula is C13H21NO3. The van der Waals surface area contributed by atoms with E-state index in [-0.39, 0.29) is 12.5 Å². The van der Waals surface area contributed by atoms with Gasteiger partial charge in [0.25, 0.3) is 5.91 Å². The fraction of sp³-hybridized carbons (Fsp3) is 0.615. The quantitative estimate of drug-likeness (QED) is 0.845. The van der Waals surface area contributed by atoms with Gasteiger partial charge in [-0.2, -0.15) is 0 Å². The molecule has 1 aromatic rings. The first kappa shape index (κ1) is 13.8. The van der Waals surface area contributed by atoms with Gasteiger partial charge >= 0.3 is 0 Å². The van der Waals surface area contributed by atoms with E-state index in [4.69, 9.17) is 4.42 Å². The zero-order valence-corrected chi connectivity index (χ0v) is 11.2. The van der Waals surface area contributed by atoms with Gasteiger partial charge < -0.3 is 14.8 Å². The Labute approximate surface area is 102 Å². The molecule has 1 amide bonds. The van der Waals surface area contributed by atoms with Crippen LogP contribution >= 0.6 is 0 Å². The summed E-state index contributed by atoms with van der Waals surface area (Å²) in [6.07, 6.45) is 0.593. The van der Waals surface area contributed by atoms with Crippen LogP contribution in [0.2, 0.25) is 0 Å². The Balaban J connectivity index is 2.78. The van der Waals surface area contributed by atoms with Crippen LogP contribution in [0.25, 0.3) is 0 Å². The van der Waals surface area contributed by atoms with Crippen molar-refractivity contribution in [2.24, 2.45) is 0 Å². The fourth-order valence-electron chi connectivity index (χ4n) is 1.61. The molecule has 1 atom stereocenters. The van der Waals surface area contributed by atoms with Crippen LogP contribution in [-0.4, -0.2) is 23.2 Å². The third-order valence-corrected chi connectivity index (χ3v) is 3.18. The van der Waals surface area contributed by atoms with Crippen molar-refractivity contribution in [3.05, 3.63) is 22.6 Å². The molecule has 0 saturated carbocycles. The lowest BCUT2D eigenvalue weighted by Gasteiger charge is -2.21. The number of furan rings is 1. The van der Waals surface area contributed by atoms with Crippen LogP contribution in [-0.2, 0) is 0 Å². The molecule has 0 aliphatic carbocycles. The summed E-state index contributed by atoms with van der Waals surface area (Å²) in [6, 6.07) is 0. The molecule has 96 valence electrons. The van der Waals surface area contributed by atoms with Crippen LogP contribution in [0.1, 0.15) is 47.7 Å². The lowest BCUT2D eigenvalue weighted by atomic mass is 10.0. The Morgan fingerprint density at radius 1 is 1.35 bits per heavy atom. The molecule has 1 unspecified atom stereocenters. The highest BCUT2D eigenvalue weighted by Gasteiger charge is 2.22. The molecule has 0 bridgehead atoms. The SMILES string of the molecule is CCC(C)(O)CNC(=O)c1c(C)oc(C)c1C. The van der Waals surface area contributed by atoms with Gasteiger partial charge in [-0.1, -0.05) is 6.92 Å². The largest absolute Gasteiger partial charge is 0.466 e. The number of aliphatic hydroxyl groups is 1. The number of hydrogen-bond acceptors (Lipinski definition) is 3. The molecule has 4 heteroatoms. The molecule has 1 aromatic heterocycles. The molecule has 0 radical (unpaired) electrons. The van der Waals surface area contributed by atoms with Crippen molar-refractivity contribution in [3.8, 4) is 0 Å². The predicted octanol–water partition coefficient (Wildman–Crippen LogP) is 2.10. The summed E-state index contributed by atoms with van der Waals surface area (Å²) in [6.45, 7) is 9.29. The highest BCUT2D eigenvalue weighted by molar-refractivity contribution is 5.96. The van der Waals surface area contributed by atoms with Crippen molar-refractivity contribution >= 4 is 5.91 Å². The minimum atomic E-state index is -0.865. The van der Waals surface area contributed by atoms with E-state index in [0.717, 1.165) is 11.3 Å². The second-order valence-corrected chi connectivity index (χ2v) is 4.75. The third-order valence-electron chi connectivity index (χ3n) is 3.18. The molecule has 0 aliphatic heterocycles. The number of carbonyl (C=O) groups excluding carboxylic acids is 1. The fourth-order valence-corrected chi connectivity index (χ4v) is 1.61. The van der Waals surface area contributed by atoms with E-state index in [1.54, 1.807) is 13.8 Å². The van der Waals surface area contributed by atoms with E-state index in [0.29, 0.717) is 17.7 Å². The zero-order valence-electron chi connectivity index (χ0n) is 11.2. The van der Waals surface area contributed by atoms with Gasteiger partial charge in [0.2, 0.25) is 0 Å². The summed E-state index contributed by atoms with van der Waals surface area (Å²) in [5.41, 5.74) is 0.571. The lowest BCUT2D eigenvalue weighted by molar-refractivity contribution is 0.0517. The number of carbonyl (C=O) groups is 1. The monoisotopic (exact) mass is 239 g/mol. The number of aryl methyl sites for hydroxylation is 2. The Morgan fingerprint density at radius 3 is 2.35 bits per heavy atom. The van der Waals surface area contributed by atoms with Gasteiger partial charge in [0.05, 0.1) is 11.2 Å². The molecule has 0 aromatic carbocycles. The van der Waals surface area contributed by atoms with E-state index in [1.165, 1.54) is 0 Å². The van der Waals surface area contributed by atoms with Crippen LogP contribution in [0.3, 0.4) is 0 Å². The number of hydrogen-bond donors (Lipinski definition) is 2. The van der Waals surface area contributed by atoms with Crippen molar-refractivity contribution in [2.45, 2.75) is 46.6 Å². The molecule has 4 nitrogen and oxygen atoms in total. The van der Waals surface area contributed by atoms with E-state index >= 15 is 0 Å². The minimum absolute atomic E-state index is 0.189. The average molecular weight is 239 g/mol. The van der Waals surface area contributed by atoms with E-state index in [9.17, 15) is 9.90 Å². The molecule has 1 rings (SSSR count). The Morgan fingerprint density at radius 2 is 1.94 bits per heavy atom. The summed E-state index contributed by atoms with van der Waals surface area (Å²) in [4.78, 5) is 12.0. The molecule has 0 aliphatic rings. The highest BCUT2D eigenvalue weighted by Crippen LogP contribution is 2.20. The molecule has 0 saturated heterocycles. The van der Waals surface area contributed by atoms with Gasteiger partial charge in [0.15, 0.2) is 0 Å². The summed E-state index contributed by atoms with van der Waals surface area (Å²) in [5, 5.41) is 12.6. The molecule has 0 spiro atoms. The number of amides is 1. The molecule has 17 heavy (non-hydrogen) atoms. The topological polar surface area (TPSA) is 62.5 Å². The maximum absolute atomic E-state index is 12.0. The standard InChI is InChI=1S/C13H21NO3/c1-6-13(5,16)7-14-12(15)11-8(2)9(3)17-10(11)4/h16H,6-7H2,1-5H3,(H,14,15). The summed E-state index contributed by atoms with van der Waals surface area (Å²) in [7, 11) is 0. The average Bonchev–Trinajstić information content (AvgIpc) is 2.50. The lowest BCUT2D eigenvalue weighted by Crippen LogP contribution is -2.40. The maximum Gasteiger partial charge on any atom is 0.255 e. The number of rotatable bonds is 4. The summed E-state index contributed by atoms with van der Waals surface area (Å²) in [5.74, 6) is 1.19. The Hall–Kier alpha value is -1.29. The van der Waals surface area contributed by atoms with Crippen LogP contribution in [0.15, 0.2) is 4.42 Å². The molecular weight excluding hydrogens is 218 g/mol. The second kappa shape index (κ2) is 4.92. The smallest absolute Gasteiger partial charge is 0.255 e. The highest BCUT2D eigenvalue weighted by atomic mass is 16.3. The first-order valence-corrected chi connectivity index (χ1v) is 5.85. The van der Waals surface area contributed by atoms with Gasteiger partial charge in [-0.15, -0.1) is 0 Å². The van der Waals surface area contributed by atoms with Gasteiger partial charge in [0.1, 0.15) is 11.5 Å². The zero-order chi connectivity index (χ0) is 13.2. The Kier molecular flexibility index (Phi) is 3.98. The molecule has 2 N–H and O–H groups in total. The van der Waals surface area contributed by atoms with Gasteiger partial charge in [-0.3, -0.25) is 4.79 Å². The van der Waals surface area contributed by atoms with Crippen molar-refractivity contribution in [1.82, 2.24) is 5.32 Å². The van der Waals surface area contributed by atoms with E-state index in [1.807, 2.05) is 20.8 Å². The van der Waals surface area contributed by atoms with Crippen molar-refractivity contribution < 1.29 is 14.3 Å². The van der Waals surface area contributed by atoms with Crippen molar-refractivity contribution in [1.29, 1.82) is 0 Å². The molecule has 1 heterocycles. The van der Waals surface area contributed by atoms with Crippen molar-refractivity contribution in [3.63, 3.8) is 0 Å². The van der Waals surface area contributed by atoms with Gasteiger partial charge in [-0.25, -0.2) is 0 Å². The normalized spacial score (nSPS) is 14.5. The van der Waals surface area contributed by atoms with Crippen molar-refractivity contribution in [2.75, 3.05) is 6.54 Å². The van der Waals surface area contributed by atoms with Gasteiger partial charge in [0, 0.05) is 12.1 Å². The van der Waals surface area contributed by atoms with Gasteiger partial charge in [-0.05, 0) is 34.1 Å². The van der Waals surface area contributed by atoms with Crippen LogP contribution in [0.5, 0.6) is 0 Å². The van der Waals surface area contributed by atoms with E-state index < -0.39 is 5.60 Å². The predicted molar refractivity (Wildman–Crippen MR) is 66.2 cm³/mol. The summed E-state index contributed by atoms with van der Waals surface area (Å²) >= 11 is 0. The first-order valence-electron chi connectivity index (χ1n) is 5.85. The molecule has 0 fully saturated rings. The maximum atomic E-state index is 12.0. The first-order chi connectivity index (χ1) is 7.78. The van der Waals surface area contributed by atoms with Crippen LogP contribution < -0.4 is 5.32 Å². The minimum Gasteiger partial charge on any atom is -0.466 e. The number of nitrogens with one attached hydrogen (secondary N) is 1. The van der Waals surface area contributed by atoms with Crippen LogP contribution in [0, 0.1) is 20.8 Å². The van der Waals surface area contributed by atoms with Crippen LogP contribution in [0.4, 0.5) is 0 Å².